The minimum Gasteiger partial charge on any atom is -0.465 e. The first kappa shape index (κ1) is 36.5. The lowest BCUT2D eigenvalue weighted by Gasteiger charge is -2.31. The van der Waals surface area contributed by atoms with Crippen LogP contribution in [0, 0.1) is 13.8 Å². The molecular formula is C38H50N4O5S. The Labute approximate surface area is 285 Å². The van der Waals surface area contributed by atoms with Crippen LogP contribution < -0.4 is 4.72 Å². The Bertz CT molecular complexity index is 1840. The maximum Gasteiger partial charge on any atom is 0.407 e. The van der Waals surface area contributed by atoms with Crippen LogP contribution in [0.1, 0.15) is 68.4 Å². The molecule has 1 aromatic heterocycles. The van der Waals surface area contributed by atoms with Gasteiger partial charge in [-0.15, -0.1) is 0 Å². The second-order valence-corrected chi connectivity index (χ2v) is 15.0. The van der Waals surface area contributed by atoms with Crippen molar-refractivity contribution in [2.45, 2.75) is 72.6 Å². The van der Waals surface area contributed by atoms with Crippen LogP contribution in [-0.2, 0) is 33.1 Å². The van der Waals surface area contributed by atoms with Gasteiger partial charge in [-0.2, -0.15) is 0 Å². The molecular weight excluding hydrogens is 625 g/mol. The first-order valence-corrected chi connectivity index (χ1v) is 18.6. The number of benzene rings is 3. The van der Waals surface area contributed by atoms with Gasteiger partial charge in [0.2, 0.25) is 15.9 Å². The van der Waals surface area contributed by atoms with Gasteiger partial charge in [0, 0.05) is 48.5 Å². The predicted molar refractivity (Wildman–Crippen MR) is 195 cm³/mol. The zero-order valence-corrected chi connectivity index (χ0v) is 30.1. The van der Waals surface area contributed by atoms with Crippen LogP contribution in [0.3, 0.4) is 0 Å². The number of carbonyl (C=O) groups excluding carboxylic acids is 1. The molecule has 0 aliphatic carbocycles. The van der Waals surface area contributed by atoms with Crippen LogP contribution >= 0.6 is 0 Å². The average Bonchev–Trinajstić information content (AvgIpc) is 3.38. The van der Waals surface area contributed by atoms with Crippen LogP contribution in [0.25, 0.3) is 22.2 Å². The first-order chi connectivity index (χ1) is 22.6. The number of carboxylic acid groups (broad SMARTS) is 1. The van der Waals surface area contributed by atoms with E-state index in [4.69, 9.17) is 0 Å². The molecule has 0 fully saturated rings. The van der Waals surface area contributed by atoms with E-state index in [0.717, 1.165) is 69.1 Å². The summed E-state index contributed by atoms with van der Waals surface area (Å²) in [6.07, 6.45) is 2.92. The van der Waals surface area contributed by atoms with Gasteiger partial charge in [-0.1, -0.05) is 35.4 Å². The Balaban J connectivity index is 1.57. The van der Waals surface area contributed by atoms with Gasteiger partial charge in [0.05, 0.1) is 11.7 Å². The number of likely N-dealkylation sites (N-methyl/N-ethyl adjacent to an activating group) is 1. The Morgan fingerprint density at radius 3 is 2.08 bits per heavy atom. The minimum atomic E-state index is -3.33. The van der Waals surface area contributed by atoms with Gasteiger partial charge in [0.15, 0.2) is 0 Å². The van der Waals surface area contributed by atoms with Gasteiger partial charge >= 0.3 is 6.09 Å². The summed E-state index contributed by atoms with van der Waals surface area (Å²) in [4.78, 5) is 32.9. The molecule has 0 unspecified atom stereocenters. The smallest absolute Gasteiger partial charge is 0.407 e. The van der Waals surface area contributed by atoms with Crippen molar-refractivity contribution in [1.29, 1.82) is 0 Å². The zero-order valence-electron chi connectivity index (χ0n) is 29.3. The summed E-state index contributed by atoms with van der Waals surface area (Å²) in [6.45, 7) is 14.1. The van der Waals surface area contributed by atoms with E-state index in [1.807, 2.05) is 56.9 Å². The van der Waals surface area contributed by atoms with Crippen molar-refractivity contribution in [3.63, 3.8) is 0 Å². The lowest BCUT2D eigenvalue weighted by Crippen LogP contribution is -2.43. The highest BCUT2D eigenvalue weighted by Gasteiger charge is 2.33. The van der Waals surface area contributed by atoms with Crippen molar-refractivity contribution in [3.8, 4) is 11.3 Å². The number of carbonyl (C=O) groups is 2. The lowest BCUT2D eigenvalue weighted by molar-refractivity contribution is -0.135. The number of rotatable bonds is 15. The van der Waals surface area contributed by atoms with Gasteiger partial charge in [-0.05, 0) is 126 Å². The van der Waals surface area contributed by atoms with E-state index < -0.39 is 21.5 Å². The fourth-order valence-electron chi connectivity index (χ4n) is 6.43. The van der Waals surface area contributed by atoms with Crippen molar-refractivity contribution < 1.29 is 23.1 Å². The normalized spacial score (nSPS) is 11.9. The van der Waals surface area contributed by atoms with E-state index in [0.29, 0.717) is 44.7 Å². The molecule has 0 saturated heterocycles. The number of amides is 2. The predicted octanol–water partition coefficient (Wildman–Crippen LogP) is 7.51. The molecule has 0 saturated carbocycles. The number of nitrogens with zero attached hydrogens (tertiary/aromatic N) is 2. The van der Waals surface area contributed by atoms with Crippen molar-refractivity contribution in [2.75, 3.05) is 37.2 Å². The number of aromatic amines is 1. The monoisotopic (exact) mass is 674 g/mol. The molecule has 9 nitrogen and oxygen atoms in total. The number of hydrogen-bond donors (Lipinski definition) is 3. The fourth-order valence-corrected chi connectivity index (χ4v) is 6.99. The maximum absolute atomic E-state index is 13.5. The zero-order chi connectivity index (χ0) is 35.2. The molecule has 10 heteroatoms. The van der Waals surface area contributed by atoms with Crippen LogP contribution in [0.5, 0.6) is 0 Å². The van der Waals surface area contributed by atoms with Gasteiger partial charge in [-0.3, -0.25) is 9.52 Å². The Morgan fingerprint density at radius 2 is 1.50 bits per heavy atom. The molecule has 0 aliphatic heterocycles. The number of nitrogens with one attached hydrogen (secondary N) is 2. The van der Waals surface area contributed by atoms with Gasteiger partial charge in [0.1, 0.15) is 0 Å². The molecule has 0 spiro atoms. The summed E-state index contributed by atoms with van der Waals surface area (Å²) >= 11 is 0. The van der Waals surface area contributed by atoms with Gasteiger partial charge in [-0.25, -0.2) is 13.2 Å². The SMILES string of the molecule is CCN(CC)C(=O)C(C)(C)c1ccc2[nH]c(-c3cc(C)cc(C)c3)c(CCN(CCCCc3ccc(NS(C)(=O)=O)cc3)C(=O)O)c2c1. The summed E-state index contributed by atoms with van der Waals surface area (Å²) in [5.41, 5.74) is 8.09. The van der Waals surface area contributed by atoms with Crippen LogP contribution in [0.2, 0.25) is 0 Å². The number of sulfonamides is 1. The number of hydrogen-bond acceptors (Lipinski definition) is 4. The van der Waals surface area contributed by atoms with E-state index in [1.54, 1.807) is 12.1 Å². The van der Waals surface area contributed by atoms with E-state index in [1.165, 1.54) is 4.90 Å². The van der Waals surface area contributed by atoms with E-state index in [9.17, 15) is 23.1 Å². The Kier molecular flexibility index (Phi) is 11.6. The molecule has 0 bridgehead atoms. The van der Waals surface area contributed by atoms with E-state index in [-0.39, 0.29) is 5.91 Å². The topological polar surface area (TPSA) is 123 Å². The largest absolute Gasteiger partial charge is 0.465 e. The van der Waals surface area contributed by atoms with Crippen LogP contribution in [-0.4, -0.2) is 72.7 Å². The highest BCUT2D eigenvalue weighted by atomic mass is 32.2. The number of fused-ring (bicyclic) bond motifs is 1. The third-order valence-electron chi connectivity index (χ3n) is 9.03. The standard InChI is InChI=1S/C38H50N4O5S/c1-8-41(9-2)36(43)38(5,6)30-15-18-34-33(25-30)32(35(39-34)29-23-26(3)22-27(4)24-29)19-21-42(37(44)45)20-11-10-12-28-13-16-31(17-14-28)40-48(7,46)47/h13-18,22-25,39-40H,8-12,19-21H2,1-7H3,(H,44,45). The van der Waals surface area contributed by atoms with Crippen molar-refractivity contribution >= 4 is 38.6 Å². The third kappa shape index (κ3) is 8.98. The second kappa shape index (κ2) is 15.3. The highest BCUT2D eigenvalue weighted by Crippen LogP contribution is 2.36. The number of anilines is 1. The summed E-state index contributed by atoms with van der Waals surface area (Å²) in [5, 5.41) is 11.1. The molecule has 1 heterocycles. The van der Waals surface area contributed by atoms with Crippen LogP contribution in [0.15, 0.2) is 60.7 Å². The van der Waals surface area contributed by atoms with Crippen molar-refractivity contribution in [3.05, 3.63) is 88.5 Å². The highest BCUT2D eigenvalue weighted by molar-refractivity contribution is 7.92. The number of H-pyrrole nitrogens is 1. The number of unbranched alkanes of at least 4 members (excludes halogenated alkanes) is 1. The Morgan fingerprint density at radius 1 is 0.854 bits per heavy atom. The van der Waals surface area contributed by atoms with Gasteiger partial charge in [0.25, 0.3) is 0 Å². The van der Waals surface area contributed by atoms with Crippen molar-refractivity contribution in [1.82, 2.24) is 14.8 Å². The quantitative estimate of drug-likeness (QED) is 0.113. The van der Waals surface area contributed by atoms with E-state index in [2.05, 4.69) is 47.8 Å². The third-order valence-corrected chi connectivity index (χ3v) is 9.63. The lowest BCUT2D eigenvalue weighted by atomic mass is 9.82. The molecule has 258 valence electrons. The minimum absolute atomic E-state index is 0.0806. The molecule has 2 amide bonds. The molecule has 3 aromatic carbocycles. The summed E-state index contributed by atoms with van der Waals surface area (Å²) in [6, 6.07) is 19.8. The average molecular weight is 675 g/mol. The molecule has 0 radical (unpaired) electrons. The first-order valence-electron chi connectivity index (χ1n) is 16.7. The van der Waals surface area contributed by atoms with Gasteiger partial charge < -0.3 is 19.9 Å². The molecule has 0 aliphatic rings. The molecule has 0 atom stereocenters. The molecule has 4 aromatic rings. The fraction of sp³-hybridized carbons (Fsp3) is 0.421. The van der Waals surface area contributed by atoms with Crippen LogP contribution in [0.4, 0.5) is 10.5 Å². The molecule has 4 rings (SSSR count). The number of aromatic nitrogens is 1. The summed E-state index contributed by atoms with van der Waals surface area (Å²) in [5.74, 6) is 0.0806. The van der Waals surface area contributed by atoms with Crippen molar-refractivity contribution in [2.24, 2.45) is 0 Å². The summed E-state index contributed by atoms with van der Waals surface area (Å²) < 4.78 is 25.4. The second-order valence-electron chi connectivity index (χ2n) is 13.3. The number of aryl methyl sites for hydroxylation is 3. The molecule has 3 N–H and O–H groups in total. The Hall–Kier alpha value is -4.31. The molecule has 48 heavy (non-hydrogen) atoms. The summed E-state index contributed by atoms with van der Waals surface area (Å²) in [7, 11) is -3.33. The van der Waals surface area contributed by atoms with E-state index >= 15 is 0 Å². The maximum atomic E-state index is 13.5.